The monoisotopic (exact) mass is 330 g/mol. The topological polar surface area (TPSA) is 24.5 Å². The number of morpholine rings is 1. The van der Waals surface area contributed by atoms with Crippen molar-refractivity contribution in [2.24, 2.45) is 0 Å². The fourth-order valence-electron chi connectivity index (χ4n) is 2.81. The maximum atomic E-state index is 6.31. The zero-order valence-electron chi connectivity index (χ0n) is 12.7. The van der Waals surface area contributed by atoms with Gasteiger partial charge in [-0.25, -0.2) is 0 Å². The molecule has 0 bridgehead atoms. The Bertz CT molecular complexity index is 436. The number of benzene rings is 1. The van der Waals surface area contributed by atoms with Crippen LogP contribution in [0.25, 0.3) is 0 Å². The van der Waals surface area contributed by atoms with Gasteiger partial charge in [-0.3, -0.25) is 4.90 Å². The van der Waals surface area contributed by atoms with Crippen LogP contribution in [-0.4, -0.2) is 49.8 Å². The van der Waals surface area contributed by atoms with Gasteiger partial charge in [0.1, 0.15) is 0 Å². The van der Waals surface area contributed by atoms with Gasteiger partial charge in [0.05, 0.1) is 12.7 Å². The van der Waals surface area contributed by atoms with Crippen molar-refractivity contribution >= 4 is 23.2 Å². The summed E-state index contributed by atoms with van der Waals surface area (Å²) in [6.07, 6.45) is 0.958. The van der Waals surface area contributed by atoms with Gasteiger partial charge in [0.25, 0.3) is 0 Å². The zero-order valence-corrected chi connectivity index (χ0v) is 14.3. The van der Waals surface area contributed by atoms with E-state index in [4.69, 9.17) is 27.9 Å². The molecule has 1 aliphatic heterocycles. The highest BCUT2D eigenvalue weighted by Gasteiger charge is 2.28. The zero-order chi connectivity index (χ0) is 15.2. The molecule has 0 spiro atoms. The highest BCUT2D eigenvalue weighted by Crippen LogP contribution is 2.27. The van der Waals surface area contributed by atoms with Gasteiger partial charge in [0.2, 0.25) is 0 Å². The molecule has 2 atom stereocenters. The molecule has 1 heterocycles. The van der Waals surface area contributed by atoms with E-state index in [9.17, 15) is 0 Å². The van der Waals surface area contributed by atoms with Crippen molar-refractivity contribution in [3.63, 3.8) is 0 Å². The Hall–Kier alpha value is -0.320. The lowest BCUT2D eigenvalue weighted by Gasteiger charge is -2.37. The second kappa shape index (κ2) is 8.35. The van der Waals surface area contributed by atoms with E-state index in [1.807, 2.05) is 18.2 Å². The van der Waals surface area contributed by atoms with Gasteiger partial charge in [0, 0.05) is 29.2 Å². The second-order valence-electron chi connectivity index (χ2n) is 5.37. The number of hydrogen-bond acceptors (Lipinski definition) is 3. The lowest BCUT2D eigenvalue weighted by atomic mass is 9.99. The lowest BCUT2D eigenvalue weighted by molar-refractivity contribution is -0.0445. The standard InChI is InChI=1S/C16H24Cl2N2O/c1-3-19-15(16-11-20(4-2)8-9-21-16)10-12-13(17)6-5-7-14(12)18/h5-7,15-16,19H,3-4,8-11H2,1-2H3. The summed E-state index contributed by atoms with van der Waals surface area (Å²) in [6.45, 7) is 9.02. The molecule has 0 saturated carbocycles. The first-order chi connectivity index (χ1) is 10.2. The number of hydrogen-bond donors (Lipinski definition) is 1. The third kappa shape index (κ3) is 4.57. The van der Waals surface area contributed by atoms with Gasteiger partial charge in [-0.05, 0) is 37.2 Å². The summed E-state index contributed by atoms with van der Waals surface area (Å²) >= 11 is 12.6. The fourth-order valence-corrected chi connectivity index (χ4v) is 3.36. The quantitative estimate of drug-likeness (QED) is 0.866. The van der Waals surface area contributed by atoms with Crippen LogP contribution in [0, 0.1) is 0 Å². The molecule has 2 rings (SSSR count). The predicted molar refractivity (Wildman–Crippen MR) is 89.5 cm³/mol. The molecular weight excluding hydrogens is 307 g/mol. The molecule has 1 aliphatic rings. The largest absolute Gasteiger partial charge is 0.374 e. The summed E-state index contributed by atoms with van der Waals surface area (Å²) in [5, 5.41) is 4.99. The average Bonchev–Trinajstić information content (AvgIpc) is 2.50. The van der Waals surface area contributed by atoms with Crippen molar-refractivity contribution in [3.8, 4) is 0 Å². The molecule has 1 N–H and O–H groups in total. The summed E-state index contributed by atoms with van der Waals surface area (Å²) in [7, 11) is 0. The number of likely N-dealkylation sites (N-methyl/N-ethyl adjacent to an activating group) is 2. The van der Waals surface area contributed by atoms with E-state index in [1.54, 1.807) is 0 Å². The van der Waals surface area contributed by atoms with E-state index in [-0.39, 0.29) is 12.1 Å². The first kappa shape index (κ1) is 17.0. The van der Waals surface area contributed by atoms with E-state index in [2.05, 4.69) is 24.1 Å². The molecule has 0 aromatic heterocycles. The second-order valence-corrected chi connectivity index (χ2v) is 6.19. The van der Waals surface area contributed by atoms with Crippen molar-refractivity contribution in [1.82, 2.24) is 10.2 Å². The molecule has 0 amide bonds. The highest BCUT2D eigenvalue weighted by atomic mass is 35.5. The van der Waals surface area contributed by atoms with E-state index >= 15 is 0 Å². The molecular formula is C16H24Cl2N2O. The predicted octanol–water partition coefficient (Wildman–Crippen LogP) is 3.23. The van der Waals surface area contributed by atoms with Gasteiger partial charge in [-0.15, -0.1) is 0 Å². The van der Waals surface area contributed by atoms with E-state index in [0.717, 1.165) is 54.8 Å². The Kier molecular flexibility index (Phi) is 6.77. The van der Waals surface area contributed by atoms with Gasteiger partial charge in [-0.1, -0.05) is 43.1 Å². The Morgan fingerprint density at radius 2 is 2.05 bits per heavy atom. The number of nitrogens with one attached hydrogen (secondary N) is 1. The first-order valence-electron chi connectivity index (χ1n) is 7.65. The summed E-state index contributed by atoms with van der Waals surface area (Å²) in [4.78, 5) is 2.42. The minimum atomic E-state index is 0.172. The fraction of sp³-hybridized carbons (Fsp3) is 0.625. The van der Waals surface area contributed by atoms with E-state index in [0.29, 0.717) is 0 Å². The van der Waals surface area contributed by atoms with Crippen molar-refractivity contribution in [3.05, 3.63) is 33.8 Å². The summed E-state index contributed by atoms with van der Waals surface area (Å²) in [6, 6.07) is 5.89. The van der Waals surface area contributed by atoms with E-state index < -0.39 is 0 Å². The summed E-state index contributed by atoms with van der Waals surface area (Å²) in [5.41, 5.74) is 1.00. The van der Waals surface area contributed by atoms with Crippen LogP contribution < -0.4 is 5.32 Å². The van der Waals surface area contributed by atoms with Crippen molar-refractivity contribution in [1.29, 1.82) is 0 Å². The molecule has 1 aromatic carbocycles. The SMILES string of the molecule is CCNC(Cc1c(Cl)cccc1Cl)C1CN(CC)CCO1. The number of nitrogens with zero attached hydrogens (tertiary/aromatic N) is 1. The minimum absolute atomic E-state index is 0.172. The molecule has 0 radical (unpaired) electrons. The van der Waals surface area contributed by atoms with Crippen molar-refractivity contribution < 1.29 is 4.74 Å². The molecule has 3 nitrogen and oxygen atoms in total. The smallest absolute Gasteiger partial charge is 0.0858 e. The maximum absolute atomic E-state index is 6.31. The van der Waals surface area contributed by atoms with E-state index in [1.165, 1.54) is 0 Å². The Labute approximate surface area is 137 Å². The minimum Gasteiger partial charge on any atom is -0.374 e. The number of ether oxygens (including phenoxy) is 1. The Morgan fingerprint density at radius 1 is 1.33 bits per heavy atom. The van der Waals surface area contributed by atoms with Crippen LogP contribution in [0.2, 0.25) is 10.0 Å². The molecule has 1 aromatic rings. The average molecular weight is 331 g/mol. The Morgan fingerprint density at radius 3 is 2.67 bits per heavy atom. The van der Waals surface area contributed by atoms with Crippen LogP contribution >= 0.6 is 23.2 Å². The van der Waals surface area contributed by atoms with Crippen LogP contribution in [0.1, 0.15) is 19.4 Å². The van der Waals surface area contributed by atoms with Crippen molar-refractivity contribution in [2.45, 2.75) is 32.4 Å². The summed E-state index contributed by atoms with van der Waals surface area (Å²) < 4.78 is 5.99. The molecule has 0 aliphatic carbocycles. The van der Waals surface area contributed by atoms with Crippen LogP contribution in [-0.2, 0) is 11.2 Å². The molecule has 5 heteroatoms. The molecule has 118 valence electrons. The van der Waals surface area contributed by atoms with Crippen LogP contribution in [0.4, 0.5) is 0 Å². The van der Waals surface area contributed by atoms with Gasteiger partial charge in [0.15, 0.2) is 0 Å². The van der Waals surface area contributed by atoms with Crippen LogP contribution in [0.5, 0.6) is 0 Å². The van der Waals surface area contributed by atoms with Gasteiger partial charge >= 0.3 is 0 Å². The summed E-state index contributed by atoms with van der Waals surface area (Å²) in [5.74, 6) is 0. The normalized spacial score (nSPS) is 21.4. The molecule has 21 heavy (non-hydrogen) atoms. The lowest BCUT2D eigenvalue weighted by Crippen LogP contribution is -2.53. The number of halogens is 2. The Balaban J connectivity index is 2.11. The third-order valence-corrected chi connectivity index (χ3v) is 4.73. The van der Waals surface area contributed by atoms with Crippen molar-refractivity contribution in [2.75, 3.05) is 32.8 Å². The van der Waals surface area contributed by atoms with Gasteiger partial charge in [-0.2, -0.15) is 0 Å². The van der Waals surface area contributed by atoms with Crippen LogP contribution in [0.15, 0.2) is 18.2 Å². The molecule has 1 fully saturated rings. The van der Waals surface area contributed by atoms with Gasteiger partial charge < -0.3 is 10.1 Å². The van der Waals surface area contributed by atoms with Crippen LogP contribution in [0.3, 0.4) is 0 Å². The highest BCUT2D eigenvalue weighted by molar-refractivity contribution is 6.36. The first-order valence-corrected chi connectivity index (χ1v) is 8.41. The maximum Gasteiger partial charge on any atom is 0.0858 e. The third-order valence-electron chi connectivity index (χ3n) is 4.03. The number of rotatable bonds is 6. The molecule has 1 saturated heterocycles. The molecule has 2 unspecified atom stereocenters.